The SMILES string of the molecule is Cc1ccc2c(c1)CCCN2C(C)c1cccc(N)c1. The summed E-state index contributed by atoms with van der Waals surface area (Å²) in [6, 6.07) is 15.4. The Morgan fingerprint density at radius 1 is 1.15 bits per heavy atom. The Hall–Kier alpha value is -1.96. The van der Waals surface area contributed by atoms with Crippen molar-refractivity contribution in [2.24, 2.45) is 0 Å². The van der Waals surface area contributed by atoms with E-state index in [4.69, 9.17) is 5.73 Å². The van der Waals surface area contributed by atoms with Gasteiger partial charge in [-0.05, 0) is 56.0 Å². The van der Waals surface area contributed by atoms with E-state index in [0.717, 1.165) is 12.2 Å². The number of anilines is 2. The molecule has 1 atom stereocenters. The van der Waals surface area contributed by atoms with Gasteiger partial charge in [0.05, 0.1) is 6.04 Å². The number of hydrogen-bond donors (Lipinski definition) is 1. The molecule has 1 aliphatic heterocycles. The van der Waals surface area contributed by atoms with E-state index in [1.807, 2.05) is 12.1 Å². The number of aryl methyl sites for hydroxylation is 2. The third-order valence-corrected chi connectivity index (χ3v) is 4.25. The molecule has 2 N–H and O–H groups in total. The van der Waals surface area contributed by atoms with Crippen molar-refractivity contribution in [1.29, 1.82) is 0 Å². The van der Waals surface area contributed by atoms with Gasteiger partial charge in [-0.1, -0.05) is 29.8 Å². The van der Waals surface area contributed by atoms with Crippen LogP contribution < -0.4 is 10.6 Å². The van der Waals surface area contributed by atoms with Crippen molar-refractivity contribution in [3.63, 3.8) is 0 Å². The Morgan fingerprint density at radius 2 is 2.00 bits per heavy atom. The number of nitrogens with zero attached hydrogens (tertiary/aromatic N) is 1. The number of fused-ring (bicyclic) bond motifs is 1. The highest BCUT2D eigenvalue weighted by molar-refractivity contribution is 5.58. The average Bonchev–Trinajstić information content (AvgIpc) is 2.45. The first kappa shape index (κ1) is 13.0. The molecule has 1 unspecified atom stereocenters. The molecule has 1 heterocycles. The summed E-state index contributed by atoms with van der Waals surface area (Å²) in [5.41, 5.74) is 12.3. The first-order chi connectivity index (χ1) is 9.65. The number of hydrogen-bond acceptors (Lipinski definition) is 2. The fourth-order valence-corrected chi connectivity index (χ4v) is 3.16. The molecule has 3 rings (SSSR count). The smallest absolute Gasteiger partial charge is 0.0515 e. The molecule has 0 aromatic heterocycles. The van der Waals surface area contributed by atoms with Crippen LogP contribution in [0.4, 0.5) is 11.4 Å². The molecule has 0 saturated heterocycles. The fourth-order valence-electron chi connectivity index (χ4n) is 3.16. The molecule has 2 heteroatoms. The summed E-state index contributed by atoms with van der Waals surface area (Å²) in [6.07, 6.45) is 2.42. The van der Waals surface area contributed by atoms with Gasteiger partial charge in [-0.25, -0.2) is 0 Å². The van der Waals surface area contributed by atoms with E-state index < -0.39 is 0 Å². The van der Waals surface area contributed by atoms with Crippen LogP contribution in [0.25, 0.3) is 0 Å². The van der Waals surface area contributed by atoms with Gasteiger partial charge in [0.15, 0.2) is 0 Å². The molecule has 1 aliphatic rings. The van der Waals surface area contributed by atoms with Crippen molar-refractivity contribution in [3.8, 4) is 0 Å². The molecule has 20 heavy (non-hydrogen) atoms. The molecule has 0 amide bonds. The van der Waals surface area contributed by atoms with Crippen LogP contribution in [0.3, 0.4) is 0 Å². The Morgan fingerprint density at radius 3 is 2.80 bits per heavy atom. The van der Waals surface area contributed by atoms with Crippen molar-refractivity contribution in [2.45, 2.75) is 32.7 Å². The third kappa shape index (κ3) is 2.38. The van der Waals surface area contributed by atoms with Gasteiger partial charge in [0.1, 0.15) is 0 Å². The molecular weight excluding hydrogens is 244 g/mol. The fraction of sp³-hybridized carbons (Fsp3) is 0.333. The van der Waals surface area contributed by atoms with Crippen molar-refractivity contribution in [2.75, 3.05) is 17.2 Å². The minimum absolute atomic E-state index is 0.361. The van der Waals surface area contributed by atoms with Crippen molar-refractivity contribution in [1.82, 2.24) is 0 Å². The summed E-state index contributed by atoms with van der Waals surface area (Å²) in [4.78, 5) is 2.51. The Bertz CT molecular complexity index is 619. The zero-order chi connectivity index (χ0) is 14.1. The quantitative estimate of drug-likeness (QED) is 0.829. The maximum absolute atomic E-state index is 5.92. The standard InChI is InChI=1S/C18H22N2/c1-13-8-9-18-16(11-13)6-4-10-20(18)14(2)15-5-3-7-17(19)12-15/h3,5,7-9,11-12,14H,4,6,10,19H2,1-2H3. The highest BCUT2D eigenvalue weighted by Gasteiger charge is 2.22. The Labute approximate surface area is 121 Å². The second-order valence-electron chi connectivity index (χ2n) is 5.78. The molecule has 2 aromatic carbocycles. The monoisotopic (exact) mass is 266 g/mol. The van der Waals surface area contributed by atoms with Crippen molar-refractivity contribution in [3.05, 3.63) is 59.2 Å². The maximum Gasteiger partial charge on any atom is 0.0515 e. The van der Waals surface area contributed by atoms with Gasteiger partial charge in [0, 0.05) is 17.9 Å². The van der Waals surface area contributed by atoms with Gasteiger partial charge in [-0.15, -0.1) is 0 Å². The summed E-state index contributed by atoms with van der Waals surface area (Å²) in [5.74, 6) is 0. The topological polar surface area (TPSA) is 29.3 Å². The van der Waals surface area contributed by atoms with Crippen LogP contribution in [-0.2, 0) is 6.42 Å². The second-order valence-corrected chi connectivity index (χ2v) is 5.78. The van der Waals surface area contributed by atoms with Gasteiger partial charge in [-0.2, -0.15) is 0 Å². The minimum Gasteiger partial charge on any atom is -0.399 e. The molecule has 0 aliphatic carbocycles. The Balaban J connectivity index is 1.96. The maximum atomic E-state index is 5.92. The highest BCUT2D eigenvalue weighted by atomic mass is 15.2. The highest BCUT2D eigenvalue weighted by Crippen LogP contribution is 2.34. The largest absolute Gasteiger partial charge is 0.399 e. The molecule has 0 radical (unpaired) electrons. The minimum atomic E-state index is 0.361. The zero-order valence-electron chi connectivity index (χ0n) is 12.3. The van der Waals surface area contributed by atoms with Crippen LogP contribution in [0.15, 0.2) is 42.5 Å². The normalized spacial score (nSPS) is 15.8. The average molecular weight is 266 g/mol. The van der Waals surface area contributed by atoms with Crippen LogP contribution in [0.1, 0.15) is 36.1 Å². The third-order valence-electron chi connectivity index (χ3n) is 4.25. The van der Waals surface area contributed by atoms with Gasteiger partial charge < -0.3 is 10.6 Å². The molecular formula is C18H22N2. The van der Waals surface area contributed by atoms with E-state index in [9.17, 15) is 0 Å². The van der Waals surface area contributed by atoms with Crippen LogP contribution in [0.5, 0.6) is 0 Å². The first-order valence-electron chi connectivity index (χ1n) is 7.37. The molecule has 2 nitrogen and oxygen atoms in total. The van der Waals surface area contributed by atoms with Crippen LogP contribution >= 0.6 is 0 Å². The van der Waals surface area contributed by atoms with E-state index in [2.05, 4.69) is 49.1 Å². The first-order valence-corrected chi connectivity index (χ1v) is 7.37. The van der Waals surface area contributed by atoms with Crippen molar-refractivity contribution < 1.29 is 0 Å². The molecule has 0 saturated carbocycles. The van der Waals surface area contributed by atoms with E-state index in [1.54, 1.807) is 0 Å². The summed E-state index contributed by atoms with van der Waals surface area (Å²) in [6.45, 7) is 5.55. The molecule has 0 spiro atoms. The summed E-state index contributed by atoms with van der Waals surface area (Å²) in [7, 11) is 0. The second kappa shape index (κ2) is 5.20. The van der Waals surface area contributed by atoms with E-state index in [1.165, 1.54) is 35.2 Å². The predicted molar refractivity (Wildman–Crippen MR) is 86.1 cm³/mol. The van der Waals surface area contributed by atoms with E-state index in [-0.39, 0.29) is 0 Å². The van der Waals surface area contributed by atoms with Gasteiger partial charge in [0.25, 0.3) is 0 Å². The summed E-state index contributed by atoms with van der Waals surface area (Å²) >= 11 is 0. The van der Waals surface area contributed by atoms with Crippen molar-refractivity contribution >= 4 is 11.4 Å². The lowest BCUT2D eigenvalue weighted by Crippen LogP contribution is -2.32. The number of rotatable bonds is 2. The summed E-state index contributed by atoms with van der Waals surface area (Å²) in [5, 5.41) is 0. The number of nitrogen functional groups attached to an aromatic ring is 1. The predicted octanol–water partition coefficient (Wildman–Crippen LogP) is 4.09. The number of nitrogens with two attached hydrogens (primary N) is 1. The van der Waals surface area contributed by atoms with Gasteiger partial charge in [0.2, 0.25) is 0 Å². The lowest BCUT2D eigenvalue weighted by atomic mass is 9.96. The van der Waals surface area contributed by atoms with Crippen LogP contribution in [-0.4, -0.2) is 6.54 Å². The Kier molecular flexibility index (Phi) is 3.39. The van der Waals surface area contributed by atoms with Crippen LogP contribution in [0, 0.1) is 6.92 Å². The van der Waals surface area contributed by atoms with E-state index >= 15 is 0 Å². The van der Waals surface area contributed by atoms with Gasteiger partial charge >= 0.3 is 0 Å². The van der Waals surface area contributed by atoms with Crippen LogP contribution in [0.2, 0.25) is 0 Å². The molecule has 2 aromatic rings. The lowest BCUT2D eigenvalue weighted by molar-refractivity contribution is 0.616. The zero-order valence-corrected chi connectivity index (χ0v) is 12.3. The molecule has 0 fully saturated rings. The van der Waals surface area contributed by atoms with E-state index in [0.29, 0.717) is 6.04 Å². The lowest BCUT2D eigenvalue weighted by Gasteiger charge is -2.36. The number of benzene rings is 2. The van der Waals surface area contributed by atoms with Gasteiger partial charge in [-0.3, -0.25) is 0 Å². The molecule has 0 bridgehead atoms. The summed E-state index contributed by atoms with van der Waals surface area (Å²) < 4.78 is 0. The molecule has 104 valence electrons.